The zero-order chi connectivity index (χ0) is 20.5. The number of hydrogen-bond donors (Lipinski definition) is 2. The lowest BCUT2D eigenvalue weighted by atomic mass is 10.1. The second-order valence-electron chi connectivity index (χ2n) is 6.22. The van der Waals surface area contributed by atoms with E-state index >= 15 is 0 Å². The van der Waals surface area contributed by atoms with Crippen molar-refractivity contribution in [1.82, 2.24) is 14.5 Å². The molecular weight excluding hydrogens is 412 g/mol. The van der Waals surface area contributed by atoms with E-state index in [1.807, 2.05) is 25.1 Å². The molecule has 3 heterocycles. The number of aromatic nitrogens is 3. The van der Waals surface area contributed by atoms with Gasteiger partial charge in [-0.05, 0) is 13.0 Å². The first-order valence-electron chi connectivity index (χ1n) is 8.46. The van der Waals surface area contributed by atoms with E-state index in [4.69, 9.17) is 0 Å². The maximum Gasteiger partial charge on any atom is 0.337 e. The quantitative estimate of drug-likeness (QED) is 0.506. The summed E-state index contributed by atoms with van der Waals surface area (Å²) in [4.78, 5) is 46.1. The van der Waals surface area contributed by atoms with E-state index in [2.05, 4.69) is 15.3 Å². The standard InChI is InChI=1S/C19H14N4O4S2/c1-10-3-2-4-11(7-10)15-22-16-14(12(9-29-16)18(26)27)17(25)23(15)8-13(24)21-19-20-5-6-28-19/h2-7,9H,8H2,1H3,(H,26,27)(H,20,21,24). The largest absolute Gasteiger partial charge is 0.478 e. The normalized spacial score (nSPS) is 10.9. The maximum absolute atomic E-state index is 13.2. The van der Waals surface area contributed by atoms with E-state index in [1.54, 1.807) is 17.6 Å². The highest BCUT2D eigenvalue weighted by atomic mass is 32.1. The summed E-state index contributed by atoms with van der Waals surface area (Å²) < 4.78 is 1.21. The number of aromatic carboxylic acids is 1. The zero-order valence-corrected chi connectivity index (χ0v) is 16.7. The average molecular weight is 426 g/mol. The lowest BCUT2D eigenvalue weighted by Crippen LogP contribution is -2.30. The molecule has 0 aliphatic rings. The summed E-state index contributed by atoms with van der Waals surface area (Å²) in [6, 6.07) is 7.39. The highest BCUT2D eigenvalue weighted by Crippen LogP contribution is 2.26. The molecule has 0 radical (unpaired) electrons. The Balaban J connectivity index is 1.88. The van der Waals surface area contributed by atoms with Crippen molar-refractivity contribution in [3.05, 3.63) is 62.7 Å². The Morgan fingerprint density at radius 2 is 2.10 bits per heavy atom. The highest BCUT2D eigenvalue weighted by molar-refractivity contribution is 7.17. The molecule has 29 heavy (non-hydrogen) atoms. The molecule has 146 valence electrons. The molecule has 10 heteroatoms. The van der Waals surface area contributed by atoms with Gasteiger partial charge in [0.1, 0.15) is 17.2 Å². The van der Waals surface area contributed by atoms with Crippen molar-refractivity contribution >= 4 is 49.9 Å². The third-order valence-electron chi connectivity index (χ3n) is 4.18. The van der Waals surface area contributed by atoms with Gasteiger partial charge in [-0.15, -0.1) is 22.7 Å². The smallest absolute Gasteiger partial charge is 0.337 e. The SMILES string of the molecule is Cc1cccc(-c2nc3scc(C(=O)O)c3c(=O)n2CC(=O)Nc2nccs2)c1. The number of carbonyl (C=O) groups excluding carboxylic acids is 1. The maximum atomic E-state index is 13.2. The number of rotatable bonds is 5. The van der Waals surface area contributed by atoms with Crippen LogP contribution in [0.3, 0.4) is 0 Å². The Morgan fingerprint density at radius 3 is 2.79 bits per heavy atom. The third-order valence-corrected chi connectivity index (χ3v) is 5.74. The van der Waals surface area contributed by atoms with Crippen LogP contribution in [0.1, 0.15) is 15.9 Å². The fourth-order valence-corrected chi connectivity index (χ4v) is 4.37. The lowest BCUT2D eigenvalue weighted by molar-refractivity contribution is -0.116. The Bertz CT molecular complexity index is 1290. The number of fused-ring (bicyclic) bond motifs is 1. The van der Waals surface area contributed by atoms with E-state index < -0.39 is 17.4 Å². The molecule has 1 amide bonds. The molecule has 0 aliphatic carbocycles. The topological polar surface area (TPSA) is 114 Å². The molecule has 8 nitrogen and oxygen atoms in total. The van der Waals surface area contributed by atoms with Gasteiger partial charge < -0.3 is 10.4 Å². The number of amides is 1. The van der Waals surface area contributed by atoms with Crippen molar-refractivity contribution in [2.75, 3.05) is 5.32 Å². The van der Waals surface area contributed by atoms with Gasteiger partial charge in [-0.3, -0.25) is 14.2 Å². The Morgan fingerprint density at radius 1 is 1.28 bits per heavy atom. The molecule has 0 spiro atoms. The van der Waals surface area contributed by atoms with E-state index in [0.29, 0.717) is 21.3 Å². The van der Waals surface area contributed by atoms with Crippen LogP contribution in [0.5, 0.6) is 0 Å². The number of nitrogens with one attached hydrogen (secondary N) is 1. The summed E-state index contributed by atoms with van der Waals surface area (Å²) in [5.74, 6) is -1.36. The van der Waals surface area contributed by atoms with Crippen molar-refractivity contribution < 1.29 is 14.7 Å². The van der Waals surface area contributed by atoms with Gasteiger partial charge in [-0.2, -0.15) is 0 Å². The molecule has 3 aromatic heterocycles. The predicted molar refractivity (Wildman–Crippen MR) is 112 cm³/mol. The summed E-state index contributed by atoms with van der Waals surface area (Å²) in [7, 11) is 0. The van der Waals surface area contributed by atoms with Gasteiger partial charge in [0.15, 0.2) is 5.13 Å². The third kappa shape index (κ3) is 3.67. The molecule has 4 aromatic rings. The van der Waals surface area contributed by atoms with Crippen LogP contribution in [0, 0.1) is 6.92 Å². The number of nitrogens with zero attached hydrogens (tertiary/aromatic N) is 3. The minimum absolute atomic E-state index is 0.000881. The summed E-state index contributed by atoms with van der Waals surface area (Å²) >= 11 is 2.34. The number of carboxylic acids is 1. The molecule has 1 aromatic carbocycles. The van der Waals surface area contributed by atoms with Crippen molar-refractivity contribution in [2.24, 2.45) is 0 Å². The Hall–Kier alpha value is -3.37. The van der Waals surface area contributed by atoms with Gasteiger partial charge in [0, 0.05) is 22.5 Å². The van der Waals surface area contributed by atoms with Crippen LogP contribution in [0.2, 0.25) is 0 Å². The van der Waals surface area contributed by atoms with Crippen molar-refractivity contribution in [1.29, 1.82) is 0 Å². The summed E-state index contributed by atoms with van der Waals surface area (Å²) in [6.45, 7) is 1.59. The van der Waals surface area contributed by atoms with Crippen LogP contribution in [0.15, 0.2) is 46.0 Å². The summed E-state index contributed by atoms with van der Waals surface area (Å²) in [5, 5.41) is 15.6. The average Bonchev–Trinajstić information content (AvgIpc) is 3.33. The van der Waals surface area contributed by atoms with E-state index in [1.165, 1.54) is 21.3 Å². The Kier molecular flexibility index (Phi) is 4.95. The predicted octanol–water partition coefficient (Wildman–Crippen LogP) is 3.23. The highest BCUT2D eigenvalue weighted by Gasteiger charge is 2.21. The van der Waals surface area contributed by atoms with Crippen molar-refractivity contribution in [2.45, 2.75) is 13.5 Å². The number of benzene rings is 1. The lowest BCUT2D eigenvalue weighted by Gasteiger charge is -2.13. The number of aryl methyl sites for hydroxylation is 1. The monoisotopic (exact) mass is 426 g/mol. The van der Waals surface area contributed by atoms with Crippen molar-refractivity contribution in [3.8, 4) is 11.4 Å². The number of carboxylic acid groups (broad SMARTS) is 1. The second-order valence-corrected chi connectivity index (χ2v) is 7.97. The number of carbonyl (C=O) groups is 2. The van der Waals surface area contributed by atoms with Crippen LogP contribution >= 0.6 is 22.7 Å². The second kappa shape index (κ2) is 7.57. The van der Waals surface area contributed by atoms with Gasteiger partial charge in [0.25, 0.3) is 5.56 Å². The van der Waals surface area contributed by atoms with E-state index in [-0.39, 0.29) is 17.5 Å². The van der Waals surface area contributed by atoms with Gasteiger partial charge in [0.2, 0.25) is 5.91 Å². The minimum Gasteiger partial charge on any atom is -0.478 e. The number of thiazole rings is 1. The minimum atomic E-state index is -1.21. The molecular formula is C19H14N4O4S2. The van der Waals surface area contributed by atoms with E-state index in [0.717, 1.165) is 16.9 Å². The van der Waals surface area contributed by atoms with Crippen molar-refractivity contribution in [3.63, 3.8) is 0 Å². The first kappa shape index (κ1) is 19.0. The fourth-order valence-electron chi connectivity index (χ4n) is 2.92. The van der Waals surface area contributed by atoms with Gasteiger partial charge >= 0.3 is 5.97 Å². The Labute approximate surface area is 172 Å². The fraction of sp³-hybridized carbons (Fsp3) is 0.105. The molecule has 4 rings (SSSR count). The van der Waals surface area contributed by atoms with E-state index in [9.17, 15) is 19.5 Å². The molecule has 0 fully saturated rings. The number of thiophene rings is 1. The number of anilines is 1. The van der Waals surface area contributed by atoms with Crippen LogP contribution < -0.4 is 10.9 Å². The summed E-state index contributed by atoms with van der Waals surface area (Å²) in [6.07, 6.45) is 1.56. The van der Waals surface area contributed by atoms with Crippen LogP contribution in [-0.2, 0) is 11.3 Å². The molecule has 0 atom stereocenters. The number of hydrogen-bond acceptors (Lipinski definition) is 7. The molecule has 0 aliphatic heterocycles. The van der Waals surface area contributed by atoms with Crippen LogP contribution in [0.25, 0.3) is 21.6 Å². The molecule has 0 unspecified atom stereocenters. The first-order chi connectivity index (χ1) is 13.9. The van der Waals surface area contributed by atoms with Gasteiger partial charge in [-0.25, -0.2) is 14.8 Å². The molecule has 0 bridgehead atoms. The van der Waals surface area contributed by atoms with Gasteiger partial charge in [0.05, 0.1) is 10.9 Å². The summed E-state index contributed by atoms with van der Waals surface area (Å²) in [5.41, 5.74) is 0.941. The zero-order valence-electron chi connectivity index (χ0n) is 15.1. The molecule has 0 saturated carbocycles. The first-order valence-corrected chi connectivity index (χ1v) is 10.2. The van der Waals surface area contributed by atoms with Crippen LogP contribution in [-0.4, -0.2) is 31.5 Å². The van der Waals surface area contributed by atoms with Crippen LogP contribution in [0.4, 0.5) is 5.13 Å². The molecule has 0 saturated heterocycles. The van der Waals surface area contributed by atoms with Gasteiger partial charge in [-0.1, -0.05) is 23.8 Å². The molecule has 2 N–H and O–H groups in total.